The number of aromatic nitrogens is 5. The van der Waals surface area contributed by atoms with E-state index in [0.717, 1.165) is 32.9 Å². The van der Waals surface area contributed by atoms with Gasteiger partial charge in [0.05, 0.1) is 21.6 Å². The van der Waals surface area contributed by atoms with E-state index in [4.69, 9.17) is 0 Å². The van der Waals surface area contributed by atoms with E-state index >= 15 is 0 Å². The zero-order chi connectivity index (χ0) is 14.4. The molecule has 0 radical (unpaired) electrons. The lowest BCUT2D eigenvalue weighted by Gasteiger charge is -2.04. The molecule has 3 rings (SSSR count). The second-order valence-electron chi connectivity index (χ2n) is 5.20. The number of aryl methyl sites for hydroxylation is 1. The monoisotopic (exact) mass is 333 g/mol. The Morgan fingerprint density at radius 3 is 2.55 bits per heavy atom. The Bertz CT molecular complexity index is 784. The summed E-state index contributed by atoms with van der Waals surface area (Å²) in [5.74, 6) is 1.19. The van der Waals surface area contributed by atoms with E-state index in [9.17, 15) is 0 Å². The molecule has 0 saturated heterocycles. The third kappa shape index (κ3) is 1.95. The molecule has 0 fully saturated rings. The molecule has 0 aliphatic rings. The highest BCUT2D eigenvalue weighted by Gasteiger charge is 2.16. The molecule has 104 valence electrons. The number of halogens is 1. The van der Waals surface area contributed by atoms with Gasteiger partial charge in [0.25, 0.3) is 0 Å². The van der Waals surface area contributed by atoms with Crippen LogP contribution in [0.2, 0.25) is 0 Å². The van der Waals surface area contributed by atoms with Gasteiger partial charge in [-0.25, -0.2) is 14.2 Å². The molecule has 0 aromatic carbocycles. The minimum Gasteiger partial charge on any atom is -0.235 e. The maximum atomic E-state index is 4.58. The van der Waals surface area contributed by atoms with Crippen LogP contribution in [0, 0.1) is 13.8 Å². The summed E-state index contributed by atoms with van der Waals surface area (Å²) < 4.78 is 4.74. The Balaban J connectivity index is 2.28. The summed E-state index contributed by atoms with van der Waals surface area (Å²) in [6, 6.07) is 2.08. The van der Waals surface area contributed by atoms with Crippen LogP contribution in [0.25, 0.3) is 11.3 Å². The van der Waals surface area contributed by atoms with E-state index in [2.05, 4.69) is 51.0 Å². The molecule has 0 N–H and O–H groups in total. The maximum absolute atomic E-state index is 4.58. The van der Waals surface area contributed by atoms with Gasteiger partial charge in [0.15, 0.2) is 5.82 Å². The molecular weight excluding hydrogens is 318 g/mol. The third-order valence-electron chi connectivity index (χ3n) is 3.38. The highest BCUT2D eigenvalue weighted by atomic mass is 79.9. The van der Waals surface area contributed by atoms with Gasteiger partial charge >= 0.3 is 0 Å². The second-order valence-corrected chi connectivity index (χ2v) is 5.99. The van der Waals surface area contributed by atoms with Gasteiger partial charge in [0, 0.05) is 12.4 Å². The van der Waals surface area contributed by atoms with Gasteiger partial charge in [-0.15, -0.1) is 0 Å². The van der Waals surface area contributed by atoms with Gasteiger partial charge in [-0.3, -0.25) is 0 Å². The highest BCUT2D eigenvalue weighted by molar-refractivity contribution is 9.10. The zero-order valence-corrected chi connectivity index (χ0v) is 13.5. The van der Waals surface area contributed by atoms with Crippen molar-refractivity contribution >= 4 is 21.4 Å². The van der Waals surface area contributed by atoms with Gasteiger partial charge in [0.2, 0.25) is 0 Å². The first kappa shape index (κ1) is 13.3. The van der Waals surface area contributed by atoms with Crippen molar-refractivity contribution in [2.24, 2.45) is 0 Å². The average Bonchev–Trinajstić information content (AvgIpc) is 2.96. The summed E-state index contributed by atoms with van der Waals surface area (Å²) in [6.07, 6.45) is 3.62. The van der Waals surface area contributed by atoms with Crippen molar-refractivity contribution in [2.75, 3.05) is 0 Å². The van der Waals surface area contributed by atoms with E-state index in [0.29, 0.717) is 5.92 Å². The minimum absolute atomic E-state index is 0.384. The highest BCUT2D eigenvalue weighted by Crippen LogP contribution is 2.25. The molecule has 0 unspecified atom stereocenters. The van der Waals surface area contributed by atoms with Gasteiger partial charge in [0.1, 0.15) is 5.52 Å². The van der Waals surface area contributed by atoms with Gasteiger partial charge in [-0.2, -0.15) is 10.2 Å². The summed E-state index contributed by atoms with van der Waals surface area (Å²) in [5.41, 5.74) is 4.01. The van der Waals surface area contributed by atoms with Gasteiger partial charge in [-0.1, -0.05) is 13.8 Å². The molecule has 3 aromatic heterocycles. The molecule has 0 amide bonds. The maximum Gasteiger partial charge on any atom is 0.179 e. The van der Waals surface area contributed by atoms with Crippen molar-refractivity contribution in [2.45, 2.75) is 33.6 Å². The van der Waals surface area contributed by atoms with Gasteiger partial charge < -0.3 is 0 Å². The van der Waals surface area contributed by atoms with Crippen LogP contribution in [0.15, 0.2) is 22.9 Å². The molecule has 3 aromatic rings. The standard InChI is InChI=1S/C14H16BrN5/c1-8(2)11-7-12-14(16-5-6-19(12)18-11)20-10(4)13(15)9(3)17-20/h5-8H,1-4H3. The van der Waals surface area contributed by atoms with Crippen LogP contribution < -0.4 is 0 Å². The Morgan fingerprint density at radius 1 is 1.20 bits per heavy atom. The number of fused-ring (bicyclic) bond motifs is 1. The van der Waals surface area contributed by atoms with Crippen LogP contribution in [0.4, 0.5) is 0 Å². The van der Waals surface area contributed by atoms with E-state index < -0.39 is 0 Å². The van der Waals surface area contributed by atoms with Crippen LogP contribution in [0.5, 0.6) is 0 Å². The Labute approximate surface area is 125 Å². The van der Waals surface area contributed by atoms with Crippen molar-refractivity contribution in [3.8, 4) is 5.82 Å². The molecule has 20 heavy (non-hydrogen) atoms. The third-order valence-corrected chi connectivity index (χ3v) is 4.53. The fourth-order valence-corrected chi connectivity index (χ4v) is 2.45. The lowest BCUT2D eigenvalue weighted by atomic mass is 10.1. The van der Waals surface area contributed by atoms with Crippen LogP contribution in [-0.4, -0.2) is 24.4 Å². The topological polar surface area (TPSA) is 48.0 Å². The smallest absolute Gasteiger partial charge is 0.179 e. The van der Waals surface area contributed by atoms with Crippen molar-refractivity contribution in [1.82, 2.24) is 24.4 Å². The summed E-state index contributed by atoms with van der Waals surface area (Å²) in [5, 5.41) is 9.13. The Hall–Kier alpha value is -1.69. The fourth-order valence-electron chi connectivity index (χ4n) is 2.20. The predicted molar refractivity (Wildman–Crippen MR) is 81.4 cm³/mol. The van der Waals surface area contributed by atoms with Crippen LogP contribution in [-0.2, 0) is 0 Å². The minimum atomic E-state index is 0.384. The molecule has 0 aliphatic carbocycles. The molecule has 0 spiro atoms. The quantitative estimate of drug-likeness (QED) is 0.721. The molecular formula is C14H16BrN5. The number of hydrogen-bond donors (Lipinski definition) is 0. The first-order valence-electron chi connectivity index (χ1n) is 6.55. The summed E-state index contributed by atoms with van der Waals surface area (Å²) >= 11 is 3.56. The predicted octanol–water partition coefficient (Wildman–Crippen LogP) is 3.42. The Kier molecular flexibility index (Phi) is 3.12. The summed E-state index contributed by atoms with van der Waals surface area (Å²) in [4.78, 5) is 4.48. The normalized spacial score (nSPS) is 11.7. The molecule has 0 saturated carbocycles. The number of nitrogens with zero attached hydrogens (tertiary/aromatic N) is 5. The number of hydrogen-bond acceptors (Lipinski definition) is 3. The molecule has 5 nitrogen and oxygen atoms in total. The Morgan fingerprint density at radius 2 is 1.95 bits per heavy atom. The molecule has 0 atom stereocenters. The molecule has 3 heterocycles. The summed E-state index contributed by atoms with van der Waals surface area (Å²) in [6.45, 7) is 8.27. The van der Waals surface area contributed by atoms with Crippen LogP contribution in [0.1, 0.15) is 36.8 Å². The molecule has 0 bridgehead atoms. The summed E-state index contributed by atoms with van der Waals surface area (Å²) in [7, 11) is 0. The van der Waals surface area contributed by atoms with Crippen molar-refractivity contribution in [1.29, 1.82) is 0 Å². The van der Waals surface area contributed by atoms with Crippen LogP contribution >= 0.6 is 15.9 Å². The zero-order valence-electron chi connectivity index (χ0n) is 11.9. The number of rotatable bonds is 2. The van der Waals surface area contributed by atoms with E-state index in [-0.39, 0.29) is 0 Å². The molecule has 0 aliphatic heterocycles. The first-order valence-corrected chi connectivity index (χ1v) is 7.34. The van der Waals surface area contributed by atoms with Crippen molar-refractivity contribution < 1.29 is 0 Å². The SMILES string of the molecule is Cc1nn(-c2nccn3nc(C(C)C)cc23)c(C)c1Br. The van der Waals surface area contributed by atoms with Crippen molar-refractivity contribution in [3.05, 3.63) is 40.0 Å². The average molecular weight is 334 g/mol. The van der Waals surface area contributed by atoms with Gasteiger partial charge in [-0.05, 0) is 41.8 Å². The molecule has 6 heteroatoms. The first-order chi connectivity index (χ1) is 9.49. The van der Waals surface area contributed by atoms with E-state index in [1.807, 2.05) is 29.2 Å². The van der Waals surface area contributed by atoms with E-state index in [1.54, 1.807) is 6.20 Å². The lowest BCUT2D eigenvalue weighted by Crippen LogP contribution is -2.04. The largest absolute Gasteiger partial charge is 0.235 e. The van der Waals surface area contributed by atoms with Crippen molar-refractivity contribution in [3.63, 3.8) is 0 Å². The fraction of sp³-hybridized carbons (Fsp3) is 0.357. The van der Waals surface area contributed by atoms with E-state index in [1.165, 1.54) is 0 Å². The second kappa shape index (κ2) is 4.70. The van der Waals surface area contributed by atoms with Crippen LogP contribution in [0.3, 0.4) is 0 Å². The lowest BCUT2D eigenvalue weighted by molar-refractivity contribution is 0.774.